The Kier molecular flexibility index (Phi) is 5.03. The molecule has 0 saturated carbocycles. The highest BCUT2D eigenvalue weighted by Gasteiger charge is 2.16. The predicted octanol–water partition coefficient (Wildman–Crippen LogP) is 2.57. The van der Waals surface area contributed by atoms with Crippen LogP contribution in [-0.2, 0) is 11.2 Å². The number of hydrogen-bond acceptors (Lipinski definition) is 3. The third kappa shape index (κ3) is 3.46. The normalized spacial score (nSPS) is 17.8. The molecule has 1 atom stereocenters. The van der Waals surface area contributed by atoms with E-state index in [2.05, 4.69) is 46.0 Å². The van der Waals surface area contributed by atoms with E-state index >= 15 is 0 Å². The highest BCUT2D eigenvalue weighted by Crippen LogP contribution is 2.27. The second-order valence-electron chi connectivity index (χ2n) is 4.74. The zero-order valence-electron chi connectivity index (χ0n) is 10.9. The van der Waals surface area contributed by atoms with Crippen molar-refractivity contribution in [3.63, 3.8) is 0 Å². The summed E-state index contributed by atoms with van der Waals surface area (Å²) < 4.78 is 6.54. The van der Waals surface area contributed by atoms with Crippen LogP contribution in [0.3, 0.4) is 0 Å². The Morgan fingerprint density at radius 2 is 2.11 bits per heavy atom. The van der Waals surface area contributed by atoms with Crippen LogP contribution in [0, 0.1) is 0 Å². The number of rotatable bonds is 4. The largest absolute Gasteiger partial charge is 0.378 e. The molecule has 0 amide bonds. The second kappa shape index (κ2) is 6.55. The SMILES string of the molecule is CCC(N)Cc1ccc(Br)cc1N1CCOCC1. The summed E-state index contributed by atoms with van der Waals surface area (Å²) in [7, 11) is 0. The first-order chi connectivity index (χ1) is 8.70. The van der Waals surface area contributed by atoms with Crippen molar-refractivity contribution in [3.8, 4) is 0 Å². The van der Waals surface area contributed by atoms with Gasteiger partial charge in [0.2, 0.25) is 0 Å². The average molecular weight is 313 g/mol. The first kappa shape index (κ1) is 13.8. The van der Waals surface area contributed by atoms with E-state index in [0.29, 0.717) is 0 Å². The van der Waals surface area contributed by atoms with Crippen LogP contribution in [0.25, 0.3) is 0 Å². The van der Waals surface area contributed by atoms with Crippen LogP contribution in [0.1, 0.15) is 18.9 Å². The van der Waals surface area contributed by atoms with E-state index in [1.54, 1.807) is 0 Å². The van der Waals surface area contributed by atoms with Crippen molar-refractivity contribution >= 4 is 21.6 Å². The molecule has 0 aromatic heterocycles. The Bertz CT molecular complexity index is 391. The van der Waals surface area contributed by atoms with Crippen LogP contribution in [-0.4, -0.2) is 32.3 Å². The lowest BCUT2D eigenvalue weighted by molar-refractivity contribution is 0.122. The van der Waals surface area contributed by atoms with Gasteiger partial charge in [-0.25, -0.2) is 0 Å². The highest BCUT2D eigenvalue weighted by molar-refractivity contribution is 9.10. The van der Waals surface area contributed by atoms with Crippen LogP contribution in [0.15, 0.2) is 22.7 Å². The smallest absolute Gasteiger partial charge is 0.0642 e. The molecule has 1 heterocycles. The molecule has 1 aliphatic heterocycles. The molecule has 18 heavy (non-hydrogen) atoms. The Hall–Kier alpha value is -0.580. The van der Waals surface area contributed by atoms with Gasteiger partial charge in [-0.1, -0.05) is 28.9 Å². The number of halogens is 1. The minimum Gasteiger partial charge on any atom is -0.378 e. The van der Waals surface area contributed by atoms with E-state index in [4.69, 9.17) is 10.5 Å². The van der Waals surface area contributed by atoms with Crippen LogP contribution < -0.4 is 10.6 Å². The second-order valence-corrected chi connectivity index (χ2v) is 5.66. The van der Waals surface area contributed by atoms with Crippen LogP contribution in [0.5, 0.6) is 0 Å². The Morgan fingerprint density at radius 3 is 2.78 bits per heavy atom. The molecule has 1 fully saturated rings. The lowest BCUT2D eigenvalue weighted by Crippen LogP contribution is -2.37. The Labute approximate surface area is 117 Å². The lowest BCUT2D eigenvalue weighted by Gasteiger charge is -2.31. The zero-order chi connectivity index (χ0) is 13.0. The summed E-state index contributed by atoms with van der Waals surface area (Å²) in [4.78, 5) is 2.39. The molecule has 2 N–H and O–H groups in total. The Balaban J connectivity index is 2.22. The van der Waals surface area contributed by atoms with E-state index in [1.165, 1.54) is 11.3 Å². The molecule has 0 radical (unpaired) electrons. The highest BCUT2D eigenvalue weighted by atomic mass is 79.9. The third-order valence-corrected chi connectivity index (χ3v) is 3.90. The molecule has 0 spiro atoms. The van der Waals surface area contributed by atoms with Crippen molar-refractivity contribution in [2.45, 2.75) is 25.8 Å². The maximum Gasteiger partial charge on any atom is 0.0642 e. The van der Waals surface area contributed by atoms with Gasteiger partial charge >= 0.3 is 0 Å². The lowest BCUT2D eigenvalue weighted by atomic mass is 10.0. The van der Waals surface area contributed by atoms with Gasteiger partial charge in [-0.05, 0) is 30.5 Å². The van der Waals surface area contributed by atoms with Gasteiger partial charge in [0.05, 0.1) is 13.2 Å². The van der Waals surface area contributed by atoms with Crippen molar-refractivity contribution in [2.75, 3.05) is 31.2 Å². The maximum absolute atomic E-state index is 6.09. The summed E-state index contributed by atoms with van der Waals surface area (Å²) in [5, 5.41) is 0. The fraction of sp³-hybridized carbons (Fsp3) is 0.571. The monoisotopic (exact) mass is 312 g/mol. The summed E-state index contributed by atoms with van der Waals surface area (Å²) in [5.74, 6) is 0. The molecule has 4 heteroatoms. The molecule has 1 aromatic rings. The van der Waals surface area contributed by atoms with Gasteiger partial charge in [0.1, 0.15) is 0 Å². The summed E-state index contributed by atoms with van der Waals surface area (Å²) in [6.45, 7) is 5.69. The van der Waals surface area contributed by atoms with Gasteiger partial charge in [-0.2, -0.15) is 0 Å². The quantitative estimate of drug-likeness (QED) is 0.928. The first-order valence-electron chi connectivity index (χ1n) is 6.57. The summed E-state index contributed by atoms with van der Waals surface area (Å²) in [6.07, 6.45) is 1.95. The molecule has 1 aromatic carbocycles. The number of anilines is 1. The van der Waals surface area contributed by atoms with E-state index in [-0.39, 0.29) is 6.04 Å². The first-order valence-corrected chi connectivity index (χ1v) is 7.36. The zero-order valence-corrected chi connectivity index (χ0v) is 12.4. The fourth-order valence-corrected chi connectivity index (χ4v) is 2.58. The molecule has 0 bridgehead atoms. The molecule has 100 valence electrons. The molecular weight excluding hydrogens is 292 g/mol. The summed E-state index contributed by atoms with van der Waals surface area (Å²) in [5.41, 5.74) is 8.73. The minimum absolute atomic E-state index is 0.242. The maximum atomic E-state index is 6.09. The number of nitrogens with zero attached hydrogens (tertiary/aromatic N) is 1. The van der Waals surface area contributed by atoms with E-state index < -0.39 is 0 Å². The van der Waals surface area contributed by atoms with Crippen molar-refractivity contribution in [3.05, 3.63) is 28.2 Å². The summed E-state index contributed by atoms with van der Waals surface area (Å²) >= 11 is 3.56. The Morgan fingerprint density at radius 1 is 1.39 bits per heavy atom. The number of benzene rings is 1. The van der Waals surface area contributed by atoms with Crippen LogP contribution in [0.2, 0.25) is 0 Å². The standard InChI is InChI=1S/C14H21BrN2O/c1-2-13(16)9-11-3-4-12(15)10-14(11)17-5-7-18-8-6-17/h3-4,10,13H,2,5-9,16H2,1H3. The van der Waals surface area contributed by atoms with E-state index in [9.17, 15) is 0 Å². The molecule has 2 rings (SSSR count). The molecule has 3 nitrogen and oxygen atoms in total. The van der Waals surface area contributed by atoms with Crippen molar-refractivity contribution in [1.82, 2.24) is 0 Å². The minimum atomic E-state index is 0.242. The molecular formula is C14H21BrN2O. The number of hydrogen-bond donors (Lipinski definition) is 1. The van der Waals surface area contributed by atoms with E-state index in [1.807, 2.05) is 0 Å². The average Bonchev–Trinajstić information content (AvgIpc) is 2.41. The van der Waals surface area contributed by atoms with Crippen LogP contribution >= 0.6 is 15.9 Å². The van der Waals surface area contributed by atoms with Gasteiger partial charge in [0.15, 0.2) is 0 Å². The molecule has 1 unspecified atom stereocenters. The van der Waals surface area contributed by atoms with Crippen molar-refractivity contribution in [1.29, 1.82) is 0 Å². The van der Waals surface area contributed by atoms with Crippen LogP contribution in [0.4, 0.5) is 5.69 Å². The van der Waals surface area contributed by atoms with Gasteiger partial charge in [0.25, 0.3) is 0 Å². The van der Waals surface area contributed by atoms with Gasteiger partial charge in [0, 0.05) is 29.3 Å². The predicted molar refractivity (Wildman–Crippen MR) is 79.1 cm³/mol. The molecule has 1 saturated heterocycles. The number of morpholine rings is 1. The molecule has 0 aliphatic carbocycles. The van der Waals surface area contributed by atoms with E-state index in [0.717, 1.165) is 43.6 Å². The fourth-order valence-electron chi connectivity index (χ4n) is 2.24. The van der Waals surface area contributed by atoms with Gasteiger partial charge in [-0.3, -0.25) is 0 Å². The third-order valence-electron chi connectivity index (χ3n) is 3.41. The van der Waals surface area contributed by atoms with Gasteiger partial charge < -0.3 is 15.4 Å². The van der Waals surface area contributed by atoms with Crippen molar-refractivity contribution in [2.24, 2.45) is 5.73 Å². The van der Waals surface area contributed by atoms with Gasteiger partial charge in [-0.15, -0.1) is 0 Å². The van der Waals surface area contributed by atoms with Crippen molar-refractivity contribution < 1.29 is 4.74 Å². The number of ether oxygens (including phenoxy) is 1. The molecule has 1 aliphatic rings. The topological polar surface area (TPSA) is 38.5 Å². The number of nitrogens with two attached hydrogens (primary N) is 1. The summed E-state index contributed by atoms with van der Waals surface area (Å²) in [6, 6.07) is 6.72.